The van der Waals surface area contributed by atoms with E-state index < -0.39 is 5.92 Å². The SMILES string of the molecule is COC1=C(C#N)C(c2ccccc2)C(C=O)=C(Cl)N1. The molecule has 19 heavy (non-hydrogen) atoms. The van der Waals surface area contributed by atoms with E-state index in [0.717, 1.165) is 5.56 Å². The number of rotatable bonds is 3. The lowest BCUT2D eigenvalue weighted by Gasteiger charge is -2.25. The number of carbonyl (C=O) groups excluding carboxylic acids is 1. The van der Waals surface area contributed by atoms with E-state index in [9.17, 15) is 10.1 Å². The lowest BCUT2D eigenvalue weighted by molar-refractivity contribution is -0.105. The second-order valence-electron chi connectivity index (χ2n) is 3.91. The summed E-state index contributed by atoms with van der Waals surface area (Å²) in [6.45, 7) is 0. The Morgan fingerprint density at radius 2 is 2.11 bits per heavy atom. The van der Waals surface area contributed by atoms with Crippen LogP contribution >= 0.6 is 11.6 Å². The average Bonchev–Trinajstić information content (AvgIpc) is 2.46. The number of methoxy groups -OCH3 is 1. The summed E-state index contributed by atoms with van der Waals surface area (Å²) >= 11 is 6.04. The molecule has 0 saturated carbocycles. The van der Waals surface area contributed by atoms with Crippen molar-refractivity contribution in [3.8, 4) is 6.07 Å². The smallest absolute Gasteiger partial charge is 0.206 e. The molecule has 1 aliphatic rings. The fraction of sp³-hybridized carbons (Fsp3) is 0.143. The van der Waals surface area contributed by atoms with Crippen LogP contribution in [0.2, 0.25) is 0 Å². The molecule has 0 bridgehead atoms. The topological polar surface area (TPSA) is 62.1 Å². The minimum atomic E-state index is -0.507. The van der Waals surface area contributed by atoms with E-state index >= 15 is 0 Å². The Morgan fingerprint density at radius 1 is 1.42 bits per heavy atom. The van der Waals surface area contributed by atoms with Gasteiger partial charge < -0.3 is 10.1 Å². The number of hydrogen-bond acceptors (Lipinski definition) is 4. The first-order valence-electron chi connectivity index (χ1n) is 5.58. The molecule has 0 saturated heterocycles. The molecule has 1 N–H and O–H groups in total. The van der Waals surface area contributed by atoms with Gasteiger partial charge in [0.25, 0.3) is 0 Å². The number of hydrogen-bond donors (Lipinski definition) is 1. The molecule has 5 heteroatoms. The molecule has 0 fully saturated rings. The van der Waals surface area contributed by atoms with Gasteiger partial charge in [-0.2, -0.15) is 5.26 Å². The maximum atomic E-state index is 11.3. The zero-order valence-electron chi connectivity index (χ0n) is 10.2. The molecule has 96 valence electrons. The van der Waals surface area contributed by atoms with Crippen LogP contribution in [-0.2, 0) is 9.53 Å². The number of ether oxygens (including phenoxy) is 1. The Balaban J connectivity index is 2.62. The van der Waals surface area contributed by atoms with Gasteiger partial charge in [-0.25, -0.2) is 0 Å². The Kier molecular flexibility index (Phi) is 3.88. The van der Waals surface area contributed by atoms with Crippen molar-refractivity contribution < 1.29 is 9.53 Å². The zero-order valence-corrected chi connectivity index (χ0v) is 10.9. The fourth-order valence-electron chi connectivity index (χ4n) is 2.04. The van der Waals surface area contributed by atoms with Crippen molar-refractivity contribution in [1.82, 2.24) is 5.32 Å². The molecule has 1 aromatic carbocycles. The van der Waals surface area contributed by atoms with Crippen LogP contribution in [0.1, 0.15) is 11.5 Å². The largest absolute Gasteiger partial charge is 0.482 e. The zero-order chi connectivity index (χ0) is 13.8. The third kappa shape index (κ3) is 2.33. The number of allylic oxidation sites excluding steroid dienone is 2. The van der Waals surface area contributed by atoms with Crippen molar-refractivity contribution in [1.29, 1.82) is 5.26 Å². The molecule has 1 aliphatic heterocycles. The van der Waals surface area contributed by atoms with Gasteiger partial charge in [-0.15, -0.1) is 0 Å². The number of benzene rings is 1. The fourth-order valence-corrected chi connectivity index (χ4v) is 2.28. The van der Waals surface area contributed by atoms with E-state index in [0.29, 0.717) is 17.4 Å². The van der Waals surface area contributed by atoms with Crippen molar-refractivity contribution in [3.63, 3.8) is 0 Å². The minimum Gasteiger partial charge on any atom is -0.482 e. The highest BCUT2D eigenvalue weighted by Crippen LogP contribution is 2.37. The molecule has 1 heterocycles. The molecule has 4 nitrogen and oxygen atoms in total. The number of nitrogens with zero attached hydrogens (tertiary/aromatic N) is 1. The predicted octanol–water partition coefficient (Wildman–Crippen LogP) is 2.40. The summed E-state index contributed by atoms with van der Waals surface area (Å²) in [6.07, 6.45) is 0.663. The number of dihydropyridines is 1. The molecule has 1 aromatic rings. The number of aldehydes is 1. The molecule has 1 atom stereocenters. The molecule has 0 amide bonds. The van der Waals surface area contributed by atoms with Crippen molar-refractivity contribution in [2.45, 2.75) is 5.92 Å². The molecular weight excluding hydrogens is 264 g/mol. The molecular formula is C14H11ClN2O2. The van der Waals surface area contributed by atoms with E-state index in [1.807, 2.05) is 30.3 Å². The summed E-state index contributed by atoms with van der Waals surface area (Å²) in [5.74, 6) is -0.237. The van der Waals surface area contributed by atoms with Crippen LogP contribution in [0.3, 0.4) is 0 Å². The molecule has 0 aromatic heterocycles. The Bertz CT molecular complexity index is 600. The second-order valence-corrected chi connectivity index (χ2v) is 4.29. The van der Waals surface area contributed by atoms with Gasteiger partial charge in [-0.3, -0.25) is 4.79 Å². The Labute approximate surface area is 115 Å². The van der Waals surface area contributed by atoms with Gasteiger partial charge in [-0.05, 0) is 5.56 Å². The number of halogens is 1. The minimum absolute atomic E-state index is 0.180. The molecule has 0 aliphatic carbocycles. The highest BCUT2D eigenvalue weighted by atomic mass is 35.5. The summed E-state index contributed by atoms with van der Waals surface area (Å²) in [5, 5.41) is 12.2. The highest BCUT2D eigenvalue weighted by Gasteiger charge is 2.31. The monoisotopic (exact) mass is 274 g/mol. The van der Waals surface area contributed by atoms with Gasteiger partial charge in [-0.1, -0.05) is 41.9 Å². The van der Waals surface area contributed by atoms with Crippen LogP contribution in [0.15, 0.2) is 52.5 Å². The molecule has 0 radical (unpaired) electrons. The first kappa shape index (κ1) is 13.2. The average molecular weight is 275 g/mol. The summed E-state index contributed by atoms with van der Waals surface area (Å²) in [5.41, 5.74) is 1.47. The van der Waals surface area contributed by atoms with E-state index in [1.54, 1.807) is 0 Å². The number of carbonyl (C=O) groups is 1. The Morgan fingerprint density at radius 3 is 2.63 bits per heavy atom. The first-order chi connectivity index (χ1) is 9.22. The normalized spacial score (nSPS) is 18.7. The van der Waals surface area contributed by atoms with E-state index in [-0.39, 0.29) is 11.0 Å². The van der Waals surface area contributed by atoms with Crippen molar-refractivity contribution in [2.24, 2.45) is 0 Å². The summed E-state index contributed by atoms with van der Waals surface area (Å²) in [7, 11) is 1.44. The lowest BCUT2D eigenvalue weighted by atomic mass is 9.84. The van der Waals surface area contributed by atoms with Crippen LogP contribution in [0, 0.1) is 11.3 Å². The molecule has 2 rings (SSSR count). The van der Waals surface area contributed by atoms with Gasteiger partial charge in [0.15, 0.2) is 0 Å². The maximum Gasteiger partial charge on any atom is 0.206 e. The summed E-state index contributed by atoms with van der Waals surface area (Å²) in [6, 6.07) is 11.3. The van der Waals surface area contributed by atoms with Crippen molar-refractivity contribution in [2.75, 3.05) is 7.11 Å². The van der Waals surface area contributed by atoms with Gasteiger partial charge in [0.2, 0.25) is 5.88 Å². The van der Waals surface area contributed by atoms with Crippen LogP contribution < -0.4 is 5.32 Å². The second kappa shape index (κ2) is 5.59. The van der Waals surface area contributed by atoms with Gasteiger partial charge >= 0.3 is 0 Å². The maximum absolute atomic E-state index is 11.3. The molecule has 1 unspecified atom stereocenters. The third-order valence-corrected chi connectivity index (χ3v) is 3.22. The van der Waals surface area contributed by atoms with Gasteiger partial charge in [0, 0.05) is 5.57 Å². The van der Waals surface area contributed by atoms with Crippen LogP contribution in [0.5, 0.6) is 0 Å². The van der Waals surface area contributed by atoms with Gasteiger partial charge in [0.1, 0.15) is 23.1 Å². The van der Waals surface area contributed by atoms with E-state index in [4.69, 9.17) is 16.3 Å². The first-order valence-corrected chi connectivity index (χ1v) is 5.95. The number of nitrogens with one attached hydrogen (secondary N) is 1. The quantitative estimate of drug-likeness (QED) is 0.679. The summed E-state index contributed by atoms with van der Waals surface area (Å²) in [4.78, 5) is 11.3. The molecule has 0 spiro atoms. The lowest BCUT2D eigenvalue weighted by Crippen LogP contribution is -2.25. The summed E-state index contributed by atoms with van der Waals surface area (Å²) < 4.78 is 5.12. The third-order valence-electron chi connectivity index (χ3n) is 2.91. The van der Waals surface area contributed by atoms with Crippen LogP contribution in [0.4, 0.5) is 0 Å². The number of nitriles is 1. The standard InChI is InChI=1S/C14H11ClN2O2/c1-19-14-10(7-16)12(9-5-3-2-4-6-9)11(8-18)13(15)17-14/h2-6,8,12,17H,1H3. The van der Waals surface area contributed by atoms with E-state index in [2.05, 4.69) is 11.4 Å². The predicted molar refractivity (Wildman–Crippen MR) is 70.9 cm³/mol. The highest BCUT2D eigenvalue weighted by molar-refractivity contribution is 6.31. The van der Waals surface area contributed by atoms with Crippen LogP contribution in [-0.4, -0.2) is 13.4 Å². The van der Waals surface area contributed by atoms with Crippen molar-refractivity contribution in [3.05, 3.63) is 58.1 Å². The van der Waals surface area contributed by atoms with E-state index in [1.165, 1.54) is 7.11 Å². The van der Waals surface area contributed by atoms with Crippen LogP contribution in [0.25, 0.3) is 0 Å². The van der Waals surface area contributed by atoms with Crippen molar-refractivity contribution >= 4 is 17.9 Å². The van der Waals surface area contributed by atoms with Gasteiger partial charge in [0.05, 0.1) is 13.0 Å². The Hall–Kier alpha value is -2.25.